The van der Waals surface area contributed by atoms with Crippen LogP contribution in [0.5, 0.6) is 5.75 Å². The van der Waals surface area contributed by atoms with Crippen molar-refractivity contribution in [2.75, 3.05) is 0 Å². The van der Waals surface area contributed by atoms with Crippen molar-refractivity contribution in [2.45, 2.75) is 65.8 Å². The minimum absolute atomic E-state index is 0.200. The van der Waals surface area contributed by atoms with Gasteiger partial charge in [0.2, 0.25) is 0 Å². The van der Waals surface area contributed by atoms with E-state index in [2.05, 4.69) is 39.8 Å². The molecule has 102 valence electrons. The Balaban J connectivity index is 2.53. The summed E-state index contributed by atoms with van der Waals surface area (Å²) in [7, 11) is 0. The highest BCUT2D eigenvalue weighted by Gasteiger charge is 2.09. The molecule has 0 N–H and O–H groups in total. The van der Waals surface area contributed by atoms with Crippen LogP contribution in [-0.2, 0) is 4.74 Å². The van der Waals surface area contributed by atoms with Crippen molar-refractivity contribution in [3.05, 3.63) is 29.8 Å². The highest BCUT2D eigenvalue weighted by Crippen LogP contribution is 2.22. The van der Waals surface area contributed by atoms with Gasteiger partial charge in [0.1, 0.15) is 5.75 Å². The highest BCUT2D eigenvalue weighted by atomic mass is 16.7. The van der Waals surface area contributed by atoms with Crippen molar-refractivity contribution in [3.8, 4) is 5.75 Å². The lowest BCUT2D eigenvalue weighted by Gasteiger charge is -2.19. The molecule has 2 nitrogen and oxygen atoms in total. The summed E-state index contributed by atoms with van der Waals surface area (Å²) >= 11 is 0. The molecule has 0 saturated carbocycles. The van der Waals surface area contributed by atoms with Crippen LogP contribution in [0.4, 0.5) is 0 Å². The van der Waals surface area contributed by atoms with E-state index in [1.807, 2.05) is 19.1 Å². The molecule has 0 aliphatic heterocycles. The Labute approximate surface area is 111 Å². The zero-order valence-electron chi connectivity index (χ0n) is 12.3. The largest absolute Gasteiger partial charge is 0.465 e. The second kappa shape index (κ2) is 7.42. The smallest absolute Gasteiger partial charge is 0.197 e. The monoisotopic (exact) mass is 250 g/mol. The summed E-state index contributed by atoms with van der Waals surface area (Å²) in [6.45, 7) is 10.6. The van der Waals surface area contributed by atoms with E-state index >= 15 is 0 Å². The molecule has 0 aliphatic rings. The molecule has 1 aromatic rings. The van der Waals surface area contributed by atoms with Gasteiger partial charge in [-0.25, -0.2) is 0 Å². The maximum absolute atomic E-state index is 5.73. The van der Waals surface area contributed by atoms with Gasteiger partial charge in [0.15, 0.2) is 6.29 Å². The van der Waals surface area contributed by atoms with Gasteiger partial charge in [-0.1, -0.05) is 32.9 Å². The van der Waals surface area contributed by atoms with E-state index in [4.69, 9.17) is 9.47 Å². The normalized spacial score (nSPS) is 16.1. The summed E-state index contributed by atoms with van der Waals surface area (Å²) in [5.74, 6) is 1.48. The summed E-state index contributed by atoms with van der Waals surface area (Å²) in [6.07, 6.45) is 2.20. The average molecular weight is 250 g/mol. The number of benzene rings is 1. The molecular formula is C16H26O2. The van der Waals surface area contributed by atoms with Gasteiger partial charge in [-0.05, 0) is 50.3 Å². The number of hydrogen-bond donors (Lipinski definition) is 0. The first-order chi connectivity index (χ1) is 8.56. The summed E-state index contributed by atoms with van der Waals surface area (Å²) in [6, 6.07) is 8.33. The number of hydrogen-bond acceptors (Lipinski definition) is 2. The molecule has 0 spiro atoms. The molecule has 0 radical (unpaired) electrons. The quantitative estimate of drug-likeness (QED) is 0.651. The molecule has 0 heterocycles. The van der Waals surface area contributed by atoms with Crippen molar-refractivity contribution < 1.29 is 9.47 Å². The fourth-order valence-corrected chi connectivity index (χ4v) is 1.75. The van der Waals surface area contributed by atoms with Crippen LogP contribution in [-0.4, -0.2) is 12.4 Å². The maximum atomic E-state index is 5.73. The van der Waals surface area contributed by atoms with Crippen molar-refractivity contribution >= 4 is 0 Å². The fourth-order valence-electron chi connectivity index (χ4n) is 1.75. The SMILES string of the molecule is CCC(C)OC(C)Oc1ccc(C(C)CC)cc1. The third-order valence-corrected chi connectivity index (χ3v) is 3.36. The van der Waals surface area contributed by atoms with Crippen LogP contribution >= 0.6 is 0 Å². The van der Waals surface area contributed by atoms with Gasteiger partial charge >= 0.3 is 0 Å². The minimum Gasteiger partial charge on any atom is -0.465 e. The van der Waals surface area contributed by atoms with Crippen LogP contribution < -0.4 is 4.74 Å². The van der Waals surface area contributed by atoms with Gasteiger partial charge in [-0.3, -0.25) is 0 Å². The Kier molecular flexibility index (Phi) is 6.20. The van der Waals surface area contributed by atoms with E-state index < -0.39 is 0 Å². The topological polar surface area (TPSA) is 18.5 Å². The Hall–Kier alpha value is -1.02. The second-order valence-electron chi connectivity index (χ2n) is 4.92. The van der Waals surface area contributed by atoms with Crippen molar-refractivity contribution in [1.29, 1.82) is 0 Å². The van der Waals surface area contributed by atoms with Crippen LogP contribution in [0.2, 0.25) is 0 Å². The van der Waals surface area contributed by atoms with Crippen LogP contribution in [0, 0.1) is 0 Å². The van der Waals surface area contributed by atoms with E-state index in [1.165, 1.54) is 5.56 Å². The van der Waals surface area contributed by atoms with Gasteiger partial charge in [-0.15, -0.1) is 0 Å². The highest BCUT2D eigenvalue weighted by molar-refractivity contribution is 5.29. The lowest BCUT2D eigenvalue weighted by Crippen LogP contribution is -2.21. The molecule has 0 bridgehead atoms. The first kappa shape index (κ1) is 15.0. The fraction of sp³-hybridized carbons (Fsp3) is 0.625. The molecule has 2 heteroatoms. The third kappa shape index (κ3) is 4.69. The van der Waals surface area contributed by atoms with Crippen LogP contribution in [0.25, 0.3) is 0 Å². The van der Waals surface area contributed by atoms with Gasteiger partial charge in [0, 0.05) is 0 Å². The van der Waals surface area contributed by atoms with Crippen molar-refractivity contribution in [3.63, 3.8) is 0 Å². The summed E-state index contributed by atoms with van der Waals surface area (Å²) in [5, 5.41) is 0. The van der Waals surface area contributed by atoms with Crippen LogP contribution in [0.3, 0.4) is 0 Å². The number of ether oxygens (including phenoxy) is 2. The first-order valence-electron chi connectivity index (χ1n) is 6.98. The van der Waals surface area contributed by atoms with Crippen molar-refractivity contribution in [2.24, 2.45) is 0 Å². The zero-order chi connectivity index (χ0) is 13.5. The Morgan fingerprint density at radius 3 is 2.06 bits per heavy atom. The minimum atomic E-state index is -0.200. The van der Waals surface area contributed by atoms with E-state index in [0.29, 0.717) is 5.92 Å². The van der Waals surface area contributed by atoms with E-state index in [0.717, 1.165) is 18.6 Å². The first-order valence-corrected chi connectivity index (χ1v) is 6.98. The van der Waals surface area contributed by atoms with Gasteiger partial charge in [0.05, 0.1) is 6.10 Å². The molecule has 0 saturated heterocycles. The molecule has 0 amide bonds. The molecule has 3 atom stereocenters. The zero-order valence-corrected chi connectivity index (χ0v) is 12.3. The number of rotatable bonds is 7. The summed E-state index contributed by atoms with van der Waals surface area (Å²) in [5.41, 5.74) is 1.36. The Morgan fingerprint density at radius 1 is 0.944 bits per heavy atom. The van der Waals surface area contributed by atoms with Gasteiger partial charge in [-0.2, -0.15) is 0 Å². The molecular weight excluding hydrogens is 224 g/mol. The molecule has 0 aromatic heterocycles. The Bertz CT molecular complexity index is 331. The van der Waals surface area contributed by atoms with E-state index in [9.17, 15) is 0 Å². The van der Waals surface area contributed by atoms with Gasteiger partial charge in [0.25, 0.3) is 0 Å². The van der Waals surface area contributed by atoms with Crippen molar-refractivity contribution in [1.82, 2.24) is 0 Å². The average Bonchev–Trinajstić information content (AvgIpc) is 2.38. The lowest BCUT2D eigenvalue weighted by molar-refractivity contribution is -0.102. The van der Waals surface area contributed by atoms with Gasteiger partial charge < -0.3 is 9.47 Å². The molecule has 18 heavy (non-hydrogen) atoms. The summed E-state index contributed by atoms with van der Waals surface area (Å²) < 4.78 is 11.4. The van der Waals surface area contributed by atoms with Crippen LogP contribution in [0.1, 0.15) is 58.9 Å². The molecule has 0 aliphatic carbocycles. The molecule has 1 aromatic carbocycles. The predicted octanol–water partition coefficient (Wildman–Crippen LogP) is 4.74. The molecule has 3 unspecified atom stereocenters. The molecule has 0 fully saturated rings. The second-order valence-corrected chi connectivity index (χ2v) is 4.92. The van der Waals surface area contributed by atoms with Crippen LogP contribution in [0.15, 0.2) is 24.3 Å². The lowest BCUT2D eigenvalue weighted by atomic mass is 9.99. The standard InChI is InChI=1S/C16H26O2/c1-6-12(3)15-8-10-16(11-9-15)18-14(5)17-13(4)7-2/h8-14H,6-7H2,1-5H3. The summed E-state index contributed by atoms with van der Waals surface area (Å²) in [4.78, 5) is 0. The molecule has 1 rings (SSSR count). The van der Waals surface area contributed by atoms with E-state index in [-0.39, 0.29) is 12.4 Å². The maximum Gasteiger partial charge on any atom is 0.197 e. The third-order valence-electron chi connectivity index (χ3n) is 3.36. The predicted molar refractivity (Wildman–Crippen MR) is 76.1 cm³/mol. The van der Waals surface area contributed by atoms with E-state index in [1.54, 1.807) is 0 Å². The Morgan fingerprint density at radius 2 is 1.56 bits per heavy atom.